The Hall–Kier alpha value is -2.17. The number of aromatic amines is 1. The second kappa shape index (κ2) is 5.48. The lowest BCUT2D eigenvalue weighted by atomic mass is 9.92. The molecule has 5 heteroatoms. The van der Waals surface area contributed by atoms with Gasteiger partial charge < -0.3 is 9.88 Å². The third kappa shape index (κ3) is 2.26. The van der Waals surface area contributed by atoms with Crippen molar-refractivity contribution in [1.82, 2.24) is 4.98 Å². The number of nitrogens with one attached hydrogen (secondary N) is 1. The van der Waals surface area contributed by atoms with Gasteiger partial charge in [-0.1, -0.05) is 48.6 Å². The number of pyridine rings is 1. The van der Waals surface area contributed by atoms with E-state index in [0.717, 1.165) is 22.2 Å². The van der Waals surface area contributed by atoms with E-state index in [0.29, 0.717) is 4.64 Å². The van der Waals surface area contributed by atoms with Crippen molar-refractivity contribution in [3.63, 3.8) is 0 Å². The van der Waals surface area contributed by atoms with Crippen molar-refractivity contribution in [2.24, 2.45) is 0 Å². The third-order valence-electron chi connectivity index (χ3n) is 4.16. The number of fused-ring (bicyclic) bond motifs is 1. The maximum atomic E-state index is 12.3. The molecule has 1 N–H and O–H groups in total. The number of halogens is 1. The summed E-state index contributed by atoms with van der Waals surface area (Å²) >= 11 is 11.8. The minimum Gasteiger partial charge on any atom is -0.346 e. The fraction of sp³-hybridized carbons (Fsp3) is 0.111. The molecule has 23 heavy (non-hydrogen) atoms. The molecule has 1 aliphatic rings. The molecule has 0 bridgehead atoms. The van der Waals surface area contributed by atoms with Crippen molar-refractivity contribution in [2.45, 2.75) is 11.4 Å². The maximum absolute atomic E-state index is 12.3. The summed E-state index contributed by atoms with van der Waals surface area (Å²) in [4.78, 5) is 17.2. The van der Waals surface area contributed by atoms with Crippen LogP contribution in [0.5, 0.6) is 0 Å². The number of carbonyl (C=O) groups is 1. The maximum Gasteiger partial charge on any atom is 0.248 e. The number of carbonyl (C=O) groups excluding carboxylic acids is 1. The molecule has 2 aromatic carbocycles. The van der Waals surface area contributed by atoms with Gasteiger partial charge in [-0.05, 0) is 29.7 Å². The molecule has 0 radical (unpaired) electrons. The summed E-state index contributed by atoms with van der Waals surface area (Å²) < 4.78 is 0.618. The first kappa shape index (κ1) is 14.4. The van der Waals surface area contributed by atoms with Gasteiger partial charge in [-0.15, -0.1) is 11.6 Å². The monoisotopic (exact) mass is 340 g/mol. The zero-order chi connectivity index (χ0) is 16.0. The van der Waals surface area contributed by atoms with Crippen molar-refractivity contribution in [1.29, 1.82) is 0 Å². The number of aromatic nitrogens is 1. The van der Waals surface area contributed by atoms with Crippen molar-refractivity contribution >= 4 is 46.3 Å². The van der Waals surface area contributed by atoms with E-state index >= 15 is 0 Å². The molecule has 0 spiro atoms. The van der Waals surface area contributed by atoms with Gasteiger partial charge in [-0.25, -0.2) is 0 Å². The molecular weight excluding hydrogens is 328 g/mol. The highest BCUT2D eigenvalue weighted by molar-refractivity contribution is 7.71. The average Bonchev–Trinajstić information content (AvgIpc) is 2.59. The first-order valence-corrected chi connectivity index (χ1v) is 8.15. The Kier molecular flexibility index (Phi) is 3.43. The smallest absolute Gasteiger partial charge is 0.248 e. The van der Waals surface area contributed by atoms with Gasteiger partial charge in [-0.2, -0.15) is 0 Å². The van der Waals surface area contributed by atoms with Gasteiger partial charge in [0, 0.05) is 16.8 Å². The lowest BCUT2D eigenvalue weighted by molar-refractivity contribution is -0.123. The van der Waals surface area contributed by atoms with E-state index in [1.807, 2.05) is 60.7 Å². The highest BCUT2D eigenvalue weighted by Crippen LogP contribution is 2.42. The molecule has 114 valence electrons. The van der Waals surface area contributed by atoms with Crippen LogP contribution >= 0.6 is 23.8 Å². The fourth-order valence-electron chi connectivity index (χ4n) is 3.01. The first-order valence-electron chi connectivity index (χ1n) is 7.31. The van der Waals surface area contributed by atoms with Gasteiger partial charge in [0.15, 0.2) is 0 Å². The quantitative estimate of drug-likeness (QED) is 0.420. The summed E-state index contributed by atoms with van der Waals surface area (Å²) in [6.45, 7) is 0. The highest BCUT2D eigenvalue weighted by atomic mass is 35.5. The predicted octanol–water partition coefficient (Wildman–Crippen LogP) is 4.59. The number of anilines is 1. The molecule has 2 unspecified atom stereocenters. The molecule has 1 aromatic heterocycles. The molecule has 3 aromatic rings. The summed E-state index contributed by atoms with van der Waals surface area (Å²) in [6, 6.07) is 19.2. The molecule has 4 rings (SSSR count). The summed E-state index contributed by atoms with van der Waals surface area (Å²) in [7, 11) is 0. The van der Waals surface area contributed by atoms with E-state index in [4.69, 9.17) is 23.8 Å². The minimum atomic E-state index is -0.591. The number of β-lactam (4-membered cyclic amide) rings is 1. The van der Waals surface area contributed by atoms with Crippen LogP contribution in [0.4, 0.5) is 5.69 Å². The van der Waals surface area contributed by atoms with Crippen LogP contribution < -0.4 is 4.90 Å². The Morgan fingerprint density at radius 3 is 2.52 bits per heavy atom. The largest absolute Gasteiger partial charge is 0.346 e. The molecule has 2 heterocycles. The fourth-order valence-corrected chi connectivity index (χ4v) is 3.65. The molecule has 0 saturated carbocycles. The number of alkyl halides is 1. The van der Waals surface area contributed by atoms with Crippen LogP contribution in [0.1, 0.15) is 11.6 Å². The van der Waals surface area contributed by atoms with Gasteiger partial charge in [0.1, 0.15) is 10.0 Å². The third-order valence-corrected chi connectivity index (χ3v) is 4.93. The van der Waals surface area contributed by atoms with E-state index in [2.05, 4.69) is 4.98 Å². The Morgan fingerprint density at radius 1 is 1.04 bits per heavy atom. The van der Waals surface area contributed by atoms with Crippen molar-refractivity contribution in [3.05, 3.63) is 70.9 Å². The van der Waals surface area contributed by atoms with Crippen LogP contribution in [0.25, 0.3) is 10.9 Å². The van der Waals surface area contributed by atoms with Crippen LogP contribution in [0.3, 0.4) is 0 Å². The normalized spacial score (nSPS) is 20.6. The van der Waals surface area contributed by atoms with Gasteiger partial charge in [0.25, 0.3) is 0 Å². The molecule has 1 aliphatic heterocycles. The number of rotatable bonds is 2. The summed E-state index contributed by atoms with van der Waals surface area (Å²) in [5.74, 6) is -0.0922. The number of para-hydroxylation sites is 2. The first-order chi connectivity index (χ1) is 11.2. The molecule has 0 aliphatic carbocycles. The summed E-state index contributed by atoms with van der Waals surface area (Å²) in [5, 5.41) is 0.457. The molecule has 2 atom stereocenters. The summed E-state index contributed by atoms with van der Waals surface area (Å²) in [6.07, 6.45) is 0. The number of amides is 1. The van der Waals surface area contributed by atoms with E-state index in [-0.39, 0.29) is 11.9 Å². The van der Waals surface area contributed by atoms with Crippen molar-refractivity contribution in [2.75, 3.05) is 4.90 Å². The zero-order valence-corrected chi connectivity index (χ0v) is 13.6. The van der Waals surface area contributed by atoms with Crippen LogP contribution in [0.2, 0.25) is 0 Å². The van der Waals surface area contributed by atoms with E-state index in [1.165, 1.54) is 0 Å². The lowest BCUT2D eigenvalue weighted by Gasteiger charge is -2.44. The number of H-pyrrole nitrogens is 1. The lowest BCUT2D eigenvalue weighted by Crippen LogP contribution is -2.56. The minimum absolute atomic E-state index is 0.0922. The second-order valence-electron chi connectivity index (χ2n) is 5.53. The van der Waals surface area contributed by atoms with Crippen molar-refractivity contribution in [3.8, 4) is 0 Å². The second-order valence-corrected chi connectivity index (χ2v) is 6.41. The zero-order valence-electron chi connectivity index (χ0n) is 12.1. The van der Waals surface area contributed by atoms with E-state index in [9.17, 15) is 4.79 Å². The average molecular weight is 341 g/mol. The highest BCUT2D eigenvalue weighted by Gasteiger charge is 2.48. The number of hydrogen-bond acceptors (Lipinski definition) is 2. The Bertz CT molecular complexity index is 954. The molecular formula is C18H13ClN2OS. The van der Waals surface area contributed by atoms with Crippen LogP contribution in [0, 0.1) is 4.64 Å². The van der Waals surface area contributed by atoms with Crippen LogP contribution in [-0.4, -0.2) is 16.3 Å². The predicted molar refractivity (Wildman–Crippen MR) is 95.4 cm³/mol. The topological polar surface area (TPSA) is 36.1 Å². The van der Waals surface area contributed by atoms with Gasteiger partial charge >= 0.3 is 0 Å². The Balaban J connectivity index is 1.84. The van der Waals surface area contributed by atoms with E-state index in [1.54, 1.807) is 4.90 Å². The van der Waals surface area contributed by atoms with Crippen molar-refractivity contribution < 1.29 is 4.79 Å². The Morgan fingerprint density at radius 2 is 1.74 bits per heavy atom. The summed E-state index contributed by atoms with van der Waals surface area (Å²) in [5.41, 5.74) is 2.69. The van der Waals surface area contributed by atoms with Crippen LogP contribution in [0.15, 0.2) is 60.7 Å². The Labute approximate surface area is 143 Å². The van der Waals surface area contributed by atoms with Gasteiger partial charge in [0.05, 0.1) is 6.04 Å². The molecule has 1 fully saturated rings. The number of hydrogen-bond donors (Lipinski definition) is 1. The molecule has 1 saturated heterocycles. The molecule has 1 amide bonds. The molecule has 3 nitrogen and oxygen atoms in total. The number of benzene rings is 2. The SMILES string of the molecule is O=C1C(Cl)C(c2cc3ccccc3[nH]c2=S)N1c1ccccc1. The van der Waals surface area contributed by atoms with E-state index < -0.39 is 5.38 Å². The van der Waals surface area contributed by atoms with Crippen LogP contribution in [-0.2, 0) is 4.79 Å². The number of nitrogens with zero attached hydrogens (tertiary/aromatic N) is 1. The van der Waals surface area contributed by atoms with Gasteiger partial charge in [0.2, 0.25) is 5.91 Å². The van der Waals surface area contributed by atoms with Gasteiger partial charge in [-0.3, -0.25) is 4.79 Å². The standard InChI is InChI=1S/C18H13ClN2OS/c19-15-16(21(18(15)22)12-7-2-1-3-8-12)13-10-11-6-4-5-9-14(11)20-17(13)23/h1-10,15-16H,(H,20,23).